The van der Waals surface area contributed by atoms with Crippen molar-refractivity contribution in [2.24, 2.45) is 5.92 Å². The van der Waals surface area contributed by atoms with Gasteiger partial charge in [0.1, 0.15) is 0 Å². The number of aromatic nitrogens is 2. The largest absolute Gasteiger partial charge is 0.396 e. The highest BCUT2D eigenvalue weighted by atomic mass is 16.3. The van der Waals surface area contributed by atoms with Crippen molar-refractivity contribution in [3.63, 3.8) is 0 Å². The predicted octanol–water partition coefficient (Wildman–Crippen LogP) is 2.25. The molecule has 0 bridgehead atoms. The fourth-order valence-electron chi connectivity index (χ4n) is 2.17. The van der Waals surface area contributed by atoms with E-state index < -0.39 is 0 Å². The highest BCUT2D eigenvalue weighted by molar-refractivity contribution is 5.74. The number of urea groups is 1. The number of rotatable bonds is 6. The minimum absolute atomic E-state index is 0.0180. The zero-order chi connectivity index (χ0) is 16.8. The van der Waals surface area contributed by atoms with Crippen molar-refractivity contribution in [2.45, 2.75) is 32.9 Å². The van der Waals surface area contributed by atoms with Crippen molar-refractivity contribution in [2.75, 3.05) is 6.61 Å². The van der Waals surface area contributed by atoms with Crippen LogP contribution in [-0.2, 0) is 0 Å². The van der Waals surface area contributed by atoms with E-state index in [1.165, 1.54) is 0 Å². The van der Waals surface area contributed by atoms with E-state index in [-0.39, 0.29) is 30.6 Å². The summed E-state index contributed by atoms with van der Waals surface area (Å²) in [5.74, 6) is 0.0180. The summed E-state index contributed by atoms with van der Waals surface area (Å²) >= 11 is 0. The predicted molar refractivity (Wildman–Crippen MR) is 89.4 cm³/mol. The number of hydrogen-bond donors (Lipinski definition) is 3. The molecule has 3 unspecified atom stereocenters. The van der Waals surface area contributed by atoms with Crippen LogP contribution < -0.4 is 10.6 Å². The molecule has 2 aromatic rings. The van der Waals surface area contributed by atoms with E-state index in [2.05, 4.69) is 15.7 Å². The second-order valence-corrected chi connectivity index (χ2v) is 5.83. The minimum atomic E-state index is -0.235. The molecule has 6 heteroatoms. The number of amides is 2. The number of carbonyl (C=O) groups is 1. The Morgan fingerprint density at radius 1 is 1.22 bits per heavy atom. The van der Waals surface area contributed by atoms with Gasteiger partial charge in [0.2, 0.25) is 0 Å². The van der Waals surface area contributed by atoms with Gasteiger partial charge in [0.25, 0.3) is 0 Å². The van der Waals surface area contributed by atoms with Crippen LogP contribution in [0, 0.1) is 5.92 Å². The minimum Gasteiger partial charge on any atom is -0.396 e. The summed E-state index contributed by atoms with van der Waals surface area (Å²) in [5.41, 5.74) is 1.99. The zero-order valence-corrected chi connectivity index (χ0v) is 13.7. The maximum atomic E-state index is 12.0. The van der Waals surface area contributed by atoms with Crippen LogP contribution in [0.2, 0.25) is 0 Å². The summed E-state index contributed by atoms with van der Waals surface area (Å²) in [5, 5.41) is 19.0. The first-order valence-corrected chi connectivity index (χ1v) is 7.79. The molecule has 0 saturated carbocycles. The van der Waals surface area contributed by atoms with E-state index >= 15 is 0 Å². The number of aliphatic hydroxyl groups is 1. The number of benzene rings is 1. The molecule has 124 valence electrons. The Kier molecular flexibility index (Phi) is 5.76. The molecule has 0 saturated heterocycles. The molecule has 0 spiro atoms. The van der Waals surface area contributed by atoms with Crippen LogP contribution in [0.5, 0.6) is 0 Å². The van der Waals surface area contributed by atoms with E-state index in [0.717, 1.165) is 11.3 Å². The van der Waals surface area contributed by atoms with E-state index in [0.29, 0.717) is 0 Å². The van der Waals surface area contributed by atoms with Crippen molar-refractivity contribution in [1.29, 1.82) is 0 Å². The third kappa shape index (κ3) is 4.56. The van der Waals surface area contributed by atoms with Crippen molar-refractivity contribution in [3.05, 3.63) is 48.3 Å². The average molecular weight is 316 g/mol. The molecular weight excluding hydrogens is 292 g/mol. The third-order valence-electron chi connectivity index (χ3n) is 4.01. The molecule has 2 amide bonds. The van der Waals surface area contributed by atoms with Gasteiger partial charge in [-0.1, -0.05) is 19.1 Å². The topological polar surface area (TPSA) is 79.2 Å². The van der Waals surface area contributed by atoms with Crippen molar-refractivity contribution < 1.29 is 9.90 Å². The van der Waals surface area contributed by atoms with Crippen LogP contribution in [-0.4, -0.2) is 33.6 Å². The van der Waals surface area contributed by atoms with E-state index in [1.807, 2.05) is 57.3 Å². The molecule has 0 aliphatic heterocycles. The Hall–Kier alpha value is -2.34. The van der Waals surface area contributed by atoms with Gasteiger partial charge in [0.05, 0.1) is 11.7 Å². The third-order valence-corrected chi connectivity index (χ3v) is 4.01. The summed E-state index contributed by atoms with van der Waals surface area (Å²) in [6.45, 7) is 5.75. The molecule has 0 aliphatic carbocycles. The van der Waals surface area contributed by atoms with Gasteiger partial charge in [-0.3, -0.25) is 0 Å². The lowest BCUT2D eigenvalue weighted by atomic mass is 10.1. The Bertz CT molecular complexity index is 610. The molecule has 1 heterocycles. The van der Waals surface area contributed by atoms with Crippen LogP contribution in [0.25, 0.3) is 5.69 Å². The fraction of sp³-hybridized carbons (Fsp3) is 0.412. The van der Waals surface area contributed by atoms with Gasteiger partial charge >= 0.3 is 6.03 Å². The summed E-state index contributed by atoms with van der Waals surface area (Å²) in [7, 11) is 0. The number of nitrogens with one attached hydrogen (secondary N) is 2. The van der Waals surface area contributed by atoms with Crippen LogP contribution >= 0.6 is 0 Å². The lowest BCUT2D eigenvalue weighted by molar-refractivity contribution is 0.199. The van der Waals surface area contributed by atoms with Crippen LogP contribution in [0.4, 0.5) is 4.79 Å². The first kappa shape index (κ1) is 17.0. The number of aliphatic hydroxyl groups excluding tert-OH is 1. The smallest absolute Gasteiger partial charge is 0.315 e. The lowest BCUT2D eigenvalue weighted by Gasteiger charge is -2.21. The van der Waals surface area contributed by atoms with E-state index in [9.17, 15) is 4.79 Å². The second kappa shape index (κ2) is 7.78. The summed E-state index contributed by atoms with van der Waals surface area (Å²) in [6, 6.07) is 9.32. The van der Waals surface area contributed by atoms with Gasteiger partial charge in [-0.05, 0) is 43.5 Å². The first-order chi connectivity index (χ1) is 11.0. The lowest BCUT2D eigenvalue weighted by Crippen LogP contribution is -2.44. The van der Waals surface area contributed by atoms with Crippen LogP contribution in [0.3, 0.4) is 0 Å². The molecule has 1 aromatic heterocycles. The molecule has 0 radical (unpaired) electrons. The quantitative estimate of drug-likeness (QED) is 0.765. The van der Waals surface area contributed by atoms with Gasteiger partial charge in [-0.25, -0.2) is 9.48 Å². The molecular formula is C17H24N4O2. The first-order valence-electron chi connectivity index (χ1n) is 7.79. The molecule has 3 atom stereocenters. The van der Waals surface area contributed by atoms with Crippen molar-refractivity contribution in [3.8, 4) is 5.69 Å². The van der Waals surface area contributed by atoms with Gasteiger partial charge in [0.15, 0.2) is 0 Å². The molecule has 0 aliphatic rings. The summed E-state index contributed by atoms with van der Waals surface area (Å²) < 4.78 is 1.78. The Morgan fingerprint density at radius 3 is 2.48 bits per heavy atom. The Labute approximate surface area is 136 Å². The molecule has 0 fully saturated rings. The highest BCUT2D eigenvalue weighted by Crippen LogP contribution is 2.15. The number of nitrogens with zero attached hydrogens (tertiary/aromatic N) is 2. The fourth-order valence-corrected chi connectivity index (χ4v) is 2.17. The molecule has 2 rings (SSSR count). The molecule has 23 heavy (non-hydrogen) atoms. The van der Waals surface area contributed by atoms with Gasteiger partial charge in [-0.2, -0.15) is 5.10 Å². The second-order valence-electron chi connectivity index (χ2n) is 5.83. The summed E-state index contributed by atoms with van der Waals surface area (Å²) in [6.07, 6.45) is 3.62. The zero-order valence-electron chi connectivity index (χ0n) is 13.7. The molecule has 3 N–H and O–H groups in total. The Balaban J connectivity index is 1.92. The number of hydrogen-bond acceptors (Lipinski definition) is 3. The van der Waals surface area contributed by atoms with Gasteiger partial charge in [-0.15, -0.1) is 0 Å². The van der Waals surface area contributed by atoms with Crippen molar-refractivity contribution >= 4 is 6.03 Å². The number of carbonyl (C=O) groups excluding carboxylic acids is 1. The van der Waals surface area contributed by atoms with Crippen LogP contribution in [0.15, 0.2) is 42.7 Å². The molecule has 6 nitrogen and oxygen atoms in total. The normalized spacial score (nSPS) is 14.8. The summed E-state index contributed by atoms with van der Waals surface area (Å²) in [4.78, 5) is 12.0. The standard InChI is InChI=1S/C17H24N4O2/c1-12(11-22)13(2)19-17(23)20-14(3)15-5-7-16(8-6-15)21-10-4-9-18-21/h4-10,12-14,22H,11H2,1-3H3,(H2,19,20,23). The van der Waals surface area contributed by atoms with Crippen molar-refractivity contribution in [1.82, 2.24) is 20.4 Å². The monoisotopic (exact) mass is 316 g/mol. The van der Waals surface area contributed by atoms with Gasteiger partial charge in [0, 0.05) is 25.0 Å². The molecule has 1 aromatic carbocycles. The maximum Gasteiger partial charge on any atom is 0.315 e. The van der Waals surface area contributed by atoms with Gasteiger partial charge < -0.3 is 15.7 Å². The maximum absolute atomic E-state index is 12.0. The van der Waals surface area contributed by atoms with E-state index in [1.54, 1.807) is 10.9 Å². The SMILES string of the molecule is CC(NC(=O)NC(C)C(C)CO)c1ccc(-n2cccn2)cc1. The van der Waals surface area contributed by atoms with Crippen LogP contribution in [0.1, 0.15) is 32.4 Å². The highest BCUT2D eigenvalue weighted by Gasteiger charge is 2.15. The Morgan fingerprint density at radius 2 is 1.91 bits per heavy atom. The average Bonchev–Trinajstić information content (AvgIpc) is 3.08. The van der Waals surface area contributed by atoms with E-state index in [4.69, 9.17) is 5.11 Å².